The Hall–Kier alpha value is -1.71. The standard InChI is InChI=1S/C19H28N4O3S2/c1-14-6-2-3-7-17(14)20-19(27)22-21-18(24)15-8-10-16(11-9-15)28(25,26)23-12-4-5-13-23/h8-11,14,17H,2-7,12-13H2,1H3,(H,21,24)(H2,20,22,27)/t14-,17+/m1/s1. The third-order valence-corrected chi connectivity index (χ3v) is 7.67. The van der Waals surface area contributed by atoms with E-state index >= 15 is 0 Å². The zero-order valence-electron chi connectivity index (χ0n) is 16.1. The lowest BCUT2D eigenvalue weighted by Gasteiger charge is -2.30. The maximum Gasteiger partial charge on any atom is 0.269 e. The summed E-state index contributed by atoms with van der Waals surface area (Å²) in [7, 11) is -3.47. The van der Waals surface area contributed by atoms with Crippen molar-refractivity contribution in [1.82, 2.24) is 20.5 Å². The Kier molecular flexibility index (Phi) is 6.90. The molecule has 0 unspecified atom stereocenters. The van der Waals surface area contributed by atoms with Gasteiger partial charge in [0.25, 0.3) is 5.91 Å². The van der Waals surface area contributed by atoms with Crippen LogP contribution in [-0.4, -0.2) is 42.9 Å². The Morgan fingerprint density at radius 2 is 1.68 bits per heavy atom. The second kappa shape index (κ2) is 9.19. The number of carbonyl (C=O) groups excluding carboxylic acids is 1. The molecule has 7 nitrogen and oxygen atoms in total. The monoisotopic (exact) mass is 424 g/mol. The summed E-state index contributed by atoms with van der Waals surface area (Å²) in [6.07, 6.45) is 6.46. The van der Waals surface area contributed by atoms with Crippen molar-refractivity contribution >= 4 is 33.3 Å². The number of hydrazine groups is 1. The van der Waals surface area contributed by atoms with Gasteiger partial charge in [-0.25, -0.2) is 8.42 Å². The van der Waals surface area contributed by atoms with E-state index < -0.39 is 10.0 Å². The van der Waals surface area contributed by atoms with Crippen molar-refractivity contribution in [2.45, 2.75) is 56.4 Å². The van der Waals surface area contributed by atoms with E-state index in [-0.39, 0.29) is 10.8 Å². The van der Waals surface area contributed by atoms with Crippen molar-refractivity contribution in [3.8, 4) is 0 Å². The molecule has 2 atom stereocenters. The topological polar surface area (TPSA) is 90.5 Å². The van der Waals surface area contributed by atoms with Crippen LogP contribution in [0.25, 0.3) is 0 Å². The number of carbonyl (C=O) groups is 1. The molecule has 1 aliphatic carbocycles. The third kappa shape index (κ3) is 5.01. The maximum atomic E-state index is 12.5. The Labute approximate surface area is 172 Å². The molecule has 1 aromatic rings. The fourth-order valence-corrected chi connectivity index (χ4v) is 5.50. The van der Waals surface area contributed by atoms with Crippen LogP contribution < -0.4 is 16.2 Å². The van der Waals surface area contributed by atoms with Crippen LogP contribution in [0.1, 0.15) is 55.8 Å². The van der Waals surface area contributed by atoms with Crippen molar-refractivity contribution < 1.29 is 13.2 Å². The fraction of sp³-hybridized carbons (Fsp3) is 0.579. The van der Waals surface area contributed by atoms with E-state index in [2.05, 4.69) is 23.1 Å². The van der Waals surface area contributed by atoms with Crippen molar-refractivity contribution in [2.24, 2.45) is 5.92 Å². The number of thiocarbonyl (C=S) groups is 1. The molecule has 2 fully saturated rings. The molecule has 9 heteroatoms. The summed E-state index contributed by atoms with van der Waals surface area (Å²) in [5.74, 6) is 0.181. The van der Waals surface area contributed by atoms with Gasteiger partial charge in [-0.3, -0.25) is 15.6 Å². The normalized spacial score (nSPS) is 23.2. The molecule has 1 aliphatic heterocycles. The van der Waals surface area contributed by atoms with Crippen molar-refractivity contribution in [3.63, 3.8) is 0 Å². The molecule has 1 saturated heterocycles. The van der Waals surface area contributed by atoms with Crippen molar-refractivity contribution in [3.05, 3.63) is 29.8 Å². The number of hydrogen-bond acceptors (Lipinski definition) is 4. The Morgan fingerprint density at radius 1 is 1.04 bits per heavy atom. The first-order valence-electron chi connectivity index (χ1n) is 9.85. The zero-order chi connectivity index (χ0) is 20.1. The highest BCUT2D eigenvalue weighted by molar-refractivity contribution is 7.89. The van der Waals surface area contributed by atoms with E-state index in [4.69, 9.17) is 12.2 Å². The van der Waals surface area contributed by atoms with Gasteiger partial charge in [0.15, 0.2) is 5.11 Å². The lowest BCUT2D eigenvalue weighted by atomic mass is 9.86. The van der Waals surface area contributed by atoms with Crippen LogP contribution in [0.2, 0.25) is 0 Å². The first kappa shape index (κ1) is 21.0. The van der Waals surface area contributed by atoms with Crippen LogP contribution in [-0.2, 0) is 10.0 Å². The highest BCUT2D eigenvalue weighted by atomic mass is 32.2. The minimum Gasteiger partial charge on any atom is -0.358 e. The van der Waals surface area contributed by atoms with Gasteiger partial charge in [-0.15, -0.1) is 0 Å². The largest absolute Gasteiger partial charge is 0.358 e. The number of hydrogen-bond donors (Lipinski definition) is 3. The lowest BCUT2D eigenvalue weighted by Crippen LogP contribution is -2.51. The van der Waals surface area contributed by atoms with Crippen LogP contribution in [0.5, 0.6) is 0 Å². The number of benzene rings is 1. The van der Waals surface area contributed by atoms with Crippen LogP contribution >= 0.6 is 12.2 Å². The Balaban J connectivity index is 1.52. The van der Waals surface area contributed by atoms with E-state index in [1.54, 1.807) is 0 Å². The first-order valence-corrected chi connectivity index (χ1v) is 11.7. The van der Waals surface area contributed by atoms with E-state index in [1.165, 1.54) is 47.8 Å². The van der Waals surface area contributed by atoms with Crippen LogP contribution in [0.4, 0.5) is 0 Å². The van der Waals surface area contributed by atoms with Gasteiger partial charge in [-0.1, -0.05) is 19.8 Å². The molecule has 0 aromatic heterocycles. The summed E-state index contributed by atoms with van der Waals surface area (Å²) < 4.78 is 26.6. The molecular formula is C19H28N4O3S2. The minimum atomic E-state index is -3.47. The Morgan fingerprint density at radius 3 is 2.32 bits per heavy atom. The smallest absolute Gasteiger partial charge is 0.269 e. The molecule has 1 aromatic carbocycles. The van der Waals surface area contributed by atoms with E-state index in [0.29, 0.717) is 35.7 Å². The van der Waals surface area contributed by atoms with Crippen LogP contribution in [0.15, 0.2) is 29.2 Å². The number of amides is 1. The molecule has 28 heavy (non-hydrogen) atoms. The van der Waals surface area contributed by atoms with Gasteiger partial charge in [-0.2, -0.15) is 4.31 Å². The molecular weight excluding hydrogens is 396 g/mol. The maximum absolute atomic E-state index is 12.5. The summed E-state index contributed by atoms with van der Waals surface area (Å²) in [6.45, 7) is 3.31. The van der Waals surface area contributed by atoms with Crippen LogP contribution in [0.3, 0.4) is 0 Å². The minimum absolute atomic E-state index is 0.211. The molecule has 3 rings (SSSR count). The Bertz CT molecular complexity index is 805. The number of sulfonamides is 1. The van der Waals surface area contributed by atoms with Gasteiger partial charge in [0.1, 0.15) is 0 Å². The average molecular weight is 425 g/mol. The predicted molar refractivity (Wildman–Crippen MR) is 112 cm³/mol. The number of nitrogens with zero attached hydrogens (tertiary/aromatic N) is 1. The molecule has 0 bridgehead atoms. The quantitative estimate of drug-likeness (QED) is 0.507. The summed E-state index contributed by atoms with van der Waals surface area (Å²) >= 11 is 5.27. The second-order valence-corrected chi connectivity index (χ2v) is 9.90. The van der Waals surface area contributed by atoms with E-state index in [0.717, 1.165) is 19.3 Å². The van der Waals surface area contributed by atoms with Gasteiger partial charge in [-0.05, 0) is 68.1 Å². The molecule has 0 radical (unpaired) electrons. The molecule has 2 aliphatic rings. The second-order valence-electron chi connectivity index (χ2n) is 7.56. The molecule has 1 saturated carbocycles. The fourth-order valence-electron chi connectivity index (χ4n) is 3.78. The lowest BCUT2D eigenvalue weighted by molar-refractivity contribution is 0.0943. The predicted octanol–water partition coefficient (Wildman–Crippen LogP) is 2.16. The SMILES string of the molecule is C[C@@H]1CCCC[C@@H]1NC(=S)NNC(=O)c1ccc(S(=O)(=O)N2CCCC2)cc1. The molecule has 154 valence electrons. The van der Waals surface area contributed by atoms with Crippen LogP contribution in [0, 0.1) is 5.92 Å². The summed E-state index contributed by atoms with van der Waals surface area (Å²) in [5, 5.41) is 3.65. The van der Waals surface area contributed by atoms with Crippen molar-refractivity contribution in [1.29, 1.82) is 0 Å². The molecule has 1 heterocycles. The van der Waals surface area contributed by atoms with Gasteiger partial charge in [0.05, 0.1) is 4.90 Å². The third-order valence-electron chi connectivity index (χ3n) is 5.54. The first-order chi connectivity index (χ1) is 13.4. The highest BCUT2D eigenvalue weighted by Gasteiger charge is 2.27. The van der Waals surface area contributed by atoms with Gasteiger partial charge in [0.2, 0.25) is 10.0 Å². The molecule has 1 amide bonds. The van der Waals surface area contributed by atoms with E-state index in [9.17, 15) is 13.2 Å². The van der Waals surface area contributed by atoms with Gasteiger partial charge < -0.3 is 5.32 Å². The highest BCUT2D eigenvalue weighted by Crippen LogP contribution is 2.23. The average Bonchev–Trinajstić information content (AvgIpc) is 3.24. The molecule has 0 spiro atoms. The summed E-state index contributed by atoms with van der Waals surface area (Å²) in [4.78, 5) is 12.5. The number of rotatable bonds is 4. The molecule has 3 N–H and O–H groups in total. The zero-order valence-corrected chi connectivity index (χ0v) is 17.7. The van der Waals surface area contributed by atoms with E-state index in [1.807, 2.05) is 0 Å². The van der Waals surface area contributed by atoms with Crippen molar-refractivity contribution in [2.75, 3.05) is 13.1 Å². The number of nitrogens with one attached hydrogen (secondary N) is 3. The summed E-state index contributed by atoms with van der Waals surface area (Å²) in [5.41, 5.74) is 5.66. The van der Waals surface area contributed by atoms with Gasteiger partial charge in [0, 0.05) is 24.7 Å². The van der Waals surface area contributed by atoms with Gasteiger partial charge >= 0.3 is 0 Å². The summed E-state index contributed by atoms with van der Waals surface area (Å²) in [6, 6.07) is 6.30.